The molecule has 0 atom stereocenters. The minimum absolute atomic E-state index is 0.629. The second-order valence-electron chi connectivity index (χ2n) is 3.02. The van der Waals surface area contributed by atoms with Crippen molar-refractivity contribution in [2.75, 3.05) is 0 Å². The molecule has 0 fully saturated rings. The first-order valence-electron chi connectivity index (χ1n) is 4.18. The first-order chi connectivity index (χ1) is 7.20. The fourth-order valence-corrected chi connectivity index (χ4v) is 0.851. The molecule has 1 rings (SSSR count). The molecule has 0 heterocycles. The van der Waals surface area contributed by atoms with Crippen LogP contribution in [0.25, 0.3) is 0 Å². The van der Waals surface area contributed by atoms with Gasteiger partial charge in [-0.05, 0) is 13.8 Å². The SMILES string of the molecule is CC(=O)O.Cc1c(F)c(F)c(C)c(F)c1F. The van der Waals surface area contributed by atoms with Crippen molar-refractivity contribution in [3.63, 3.8) is 0 Å². The highest BCUT2D eigenvalue weighted by Crippen LogP contribution is 2.22. The molecule has 0 radical (unpaired) electrons. The molecule has 16 heavy (non-hydrogen) atoms. The number of hydrogen-bond donors (Lipinski definition) is 1. The van der Waals surface area contributed by atoms with E-state index in [1.54, 1.807) is 0 Å². The van der Waals surface area contributed by atoms with Crippen molar-refractivity contribution in [1.29, 1.82) is 0 Å². The van der Waals surface area contributed by atoms with E-state index in [-0.39, 0.29) is 0 Å². The van der Waals surface area contributed by atoms with Crippen LogP contribution in [-0.2, 0) is 4.79 Å². The predicted octanol–water partition coefficient (Wildman–Crippen LogP) is 2.95. The van der Waals surface area contributed by atoms with Gasteiger partial charge in [0.15, 0.2) is 23.3 Å². The lowest BCUT2D eigenvalue weighted by atomic mass is 10.1. The number of hydrogen-bond acceptors (Lipinski definition) is 1. The van der Waals surface area contributed by atoms with Crippen LogP contribution in [0.3, 0.4) is 0 Å². The normalized spacial score (nSPS) is 9.44. The zero-order valence-corrected chi connectivity index (χ0v) is 8.87. The Morgan fingerprint density at radius 3 is 1.12 bits per heavy atom. The third-order valence-electron chi connectivity index (χ3n) is 1.70. The summed E-state index contributed by atoms with van der Waals surface area (Å²) in [7, 11) is 0. The highest BCUT2D eigenvalue weighted by molar-refractivity contribution is 5.62. The van der Waals surface area contributed by atoms with Gasteiger partial charge >= 0.3 is 0 Å². The van der Waals surface area contributed by atoms with Crippen LogP contribution < -0.4 is 0 Å². The van der Waals surface area contributed by atoms with E-state index in [1.807, 2.05) is 0 Å². The average Bonchev–Trinajstić information content (AvgIpc) is 2.20. The monoisotopic (exact) mass is 238 g/mol. The minimum Gasteiger partial charge on any atom is -0.481 e. The highest BCUT2D eigenvalue weighted by Gasteiger charge is 2.19. The van der Waals surface area contributed by atoms with Crippen LogP contribution in [0.2, 0.25) is 0 Å². The summed E-state index contributed by atoms with van der Waals surface area (Å²) in [6.07, 6.45) is 0. The Morgan fingerprint density at radius 1 is 0.875 bits per heavy atom. The second-order valence-corrected chi connectivity index (χ2v) is 3.02. The number of rotatable bonds is 0. The lowest BCUT2D eigenvalue weighted by Gasteiger charge is -2.04. The van der Waals surface area contributed by atoms with Gasteiger partial charge < -0.3 is 5.11 Å². The maximum Gasteiger partial charge on any atom is 0.300 e. The van der Waals surface area contributed by atoms with Crippen molar-refractivity contribution >= 4 is 5.97 Å². The molecule has 90 valence electrons. The van der Waals surface area contributed by atoms with Crippen LogP contribution in [0.4, 0.5) is 17.6 Å². The molecule has 0 saturated heterocycles. The molecule has 0 amide bonds. The van der Waals surface area contributed by atoms with Crippen LogP contribution in [0.1, 0.15) is 18.1 Å². The molecule has 0 saturated carbocycles. The average molecular weight is 238 g/mol. The Bertz CT molecular complexity index is 307. The molecule has 0 aliphatic rings. The van der Waals surface area contributed by atoms with Crippen molar-refractivity contribution in [2.24, 2.45) is 0 Å². The maximum atomic E-state index is 12.7. The molecule has 0 bridgehead atoms. The summed E-state index contributed by atoms with van der Waals surface area (Å²) in [5.41, 5.74) is -1.26. The van der Waals surface area contributed by atoms with Gasteiger partial charge in [-0.1, -0.05) is 0 Å². The van der Waals surface area contributed by atoms with E-state index < -0.39 is 40.4 Å². The number of carboxylic acids is 1. The van der Waals surface area contributed by atoms with Crippen LogP contribution in [0.15, 0.2) is 0 Å². The van der Waals surface area contributed by atoms with Gasteiger partial charge in [0.05, 0.1) is 0 Å². The van der Waals surface area contributed by atoms with Gasteiger partial charge in [-0.15, -0.1) is 0 Å². The second kappa shape index (κ2) is 5.48. The van der Waals surface area contributed by atoms with Gasteiger partial charge in [-0.3, -0.25) is 4.79 Å². The Hall–Kier alpha value is -1.59. The van der Waals surface area contributed by atoms with Crippen LogP contribution in [0.5, 0.6) is 0 Å². The molecule has 0 aliphatic heterocycles. The standard InChI is InChI=1S/C8H6F4.C2H4O2/c1-3-5(9)7(11)4(2)8(12)6(3)10;1-2(3)4/h1-2H3;1H3,(H,3,4). The minimum atomic E-state index is -1.33. The quantitative estimate of drug-likeness (QED) is 0.557. The van der Waals surface area contributed by atoms with Gasteiger partial charge in [0.1, 0.15) is 0 Å². The van der Waals surface area contributed by atoms with E-state index in [0.29, 0.717) is 0 Å². The summed E-state index contributed by atoms with van der Waals surface area (Å²) in [5.74, 6) is -6.14. The Kier molecular flexibility index (Phi) is 4.94. The molecule has 0 aromatic heterocycles. The zero-order chi connectivity index (χ0) is 13.0. The summed E-state index contributed by atoms with van der Waals surface area (Å²) in [6.45, 7) is 3.05. The molecule has 1 aromatic carbocycles. The van der Waals surface area contributed by atoms with Crippen LogP contribution in [-0.4, -0.2) is 11.1 Å². The molecule has 1 N–H and O–H groups in total. The summed E-state index contributed by atoms with van der Waals surface area (Å²) in [6, 6.07) is 0. The van der Waals surface area contributed by atoms with Crippen LogP contribution >= 0.6 is 0 Å². The molecule has 0 spiro atoms. The van der Waals surface area contributed by atoms with Crippen molar-refractivity contribution in [3.8, 4) is 0 Å². The predicted molar refractivity (Wildman–Crippen MR) is 49.1 cm³/mol. The number of benzene rings is 1. The van der Waals surface area contributed by atoms with Crippen molar-refractivity contribution < 1.29 is 27.5 Å². The van der Waals surface area contributed by atoms with E-state index >= 15 is 0 Å². The van der Waals surface area contributed by atoms with E-state index in [0.717, 1.165) is 20.8 Å². The van der Waals surface area contributed by atoms with Gasteiger partial charge in [0.25, 0.3) is 5.97 Å². The molecule has 0 aliphatic carbocycles. The summed E-state index contributed by atoms with van der Waals surface area (Å²) >= 11 is 0. The van der Waals surface area contributed by atoms with E-state index in [4.69, 9.17) is 9.90 Å². The van der Waals surface area contributed by atoms with E-state index in [9.17, 15) is 17.6 Å². The topological polar surface area (TPSA) is 37.3 Å². The first kappa shape index (κ1) is 14.4. The fraction of sp³-hybridized carbons (Fsp3) is 0.300. The molecular weight excluding hydrogens is 228 g/mol. The smallest absolute Gasteiger partial charge is 0.300 e. The summed E-state index contributed by atoms with van der Waals surface area (Å²) in [4.78, 5) is 9.00. The van der Waals surface area contributed by atoms with Crippen LogP contribution in [0, 0.1) is 37.1 Å². The molecule has 0 unspecified atom stereocenters. The Balaban J connectivity index is 0.000000487. The highest BCUT2D eigenvalue weighted by atomic mass is 19.2. The Morgan fingerprint density at radius 2 is 1.00 bits per heavy atom. The fourth-order valence-electron chi connectivity index (χ4n) is 0.851. The van der Waals surface area contributed by atoms with Crippen molar-refractivity contribution in [2.45, 2.75) is 20.8 Å². The molecular formula is C10H10F4O2. The number of halogens is 4. The largest absolute Gasteiger partial charge is 0.481 e. The first-order valence-corrected chi connectivity index (χ1v) is 4.18. The summed E-state index contributed by atoms with van der Waals surface area (Å²) in [5, 5.41) is 7.42. The van der Waals surface area contributed by atoms with Crippen molar-refractivity contribution in [3.05, 3.63) is 34.4 Å². The van der Waals surface area contributed by atoms with Gasteiger partial charge in [-0.2, -0.15) is 0 Å². The maximum absolute atomic E-state index is 12.7. The van der Waals surface area contributed by atoms with E-state index in [1.165, 1.54) is 0 Å². The van der Waals surface area contributed by atoms with Gasteiger partial charge in [0.2, 0.25) is 0 Å². The third-order valence-corrected chi connectivity index (χ3v) is 1.70. The van der Waals surface area contributed by atoms with E-state index in [2.05, 4.69) is 0 Å². The Labute approximate surface area is 89.5 Å². The third kappa shape index (κ3) is 3.22. The zero-order valence-electron chi connectivity index (χ0n) is 8.87. The van der Waals surface area contributed by atoms with Gasteiger partial charge in [0, 0.05) is 18.1 Å². The van der Waals surface area contributed by atoms with Crippen molar-refractivity contribution in [1.82, 2.24) is 0 Å². The summed E-state index contributed by atoms with van der Waals surface area (Å²) < 4.78 is 50.6. The number of carboxylic acid groups (broad SMARTS) is 1. The molecule has 2 nitrogen and oxygen atoms in total. The van der Waals surface area contributed by atoms with Gasteiger partial charge in [-0.25, -0.2) is 17.6 Å². The molecule has 6 heteroatoms. The number of carbonyl (C=O) groups is 1. The molecule has 1 aromatic rings. The lowest BCUT2D eigenvalue weighted by Crippen LogP contribution is -2.02. The number of aliphatic carboxylic acids is 1. The lowest BCUT2D eigenvalue weighted by molar-refractivity contribution is -0.134.